The Kier molecular flexibility index (Phi) is 2.37. The Hall–Kier alpha value is -1.91. The van der Waals surface area contributed by atoms with E-state index in [0.717, 1.165) is 17.1 Å². The van der Waals surface area contributed by atoms with Crippen molar-refractivity contribution < 1.29 is 4.52 Å². The number of pyridine rings is 1. The molecule has 78 valence electrons. The normalized spacial score (nSPS) is 10.3. The van der Waals surface area contributed by atoms with Gasteiger partial charge in [0.15, 0.2) is 0 Å². The van der Waals surface area contributed by atoms with Crippen LogP contribution in [0.3, 0.4) is 0 Å². The van der Waals surface area contributed by atoms with Crippen molar-refractivity contribution >= 4 is 5.82 Å². The van der Waals surface area contributed by atoms with E-state index < -0.39 is 0 Å². The minimum absolute atomic E-state index is 0.561. The predicted octanol–water partition coefficient (Wildman–Crippen LogP) is 1.79. The Bertz CT molecular complexity index is 478. The van der Waals surface area contributed by atoms with Gasteiger partial charge in [-0.25, -0.2) is 4.98 Å². The third-order valence-electron chi connectivity index (χ3n) is 2.00. The zero-order valence-corrected chi connectivity index (χ0v) is 8.90. The lowest BCUT2D eigenvalue weighted by atomic mass is 10.2. The molecule has 0 aliphatic heterocycles. The molecule has 2 rings (SSSR count). The van der Waals surface area contributed by atoms with Crippen molar-refractivity contribution in [2.24, 2.45) is 0 Å². The molecule has 0 bridgehead atoms. The Morgan fingerprint density at radius 2 is 2.00 bits per heavy atom. The number of hydrogen-bond acceptors (Lipinski definition) is 5. The molecule has 0 aliphatic carbocycles. The number of hydrogen-bond donors (Lipinski definition) is 1. The lowest BCUT2D eigenvalue weighted by molar-refractivity contribution is 0.394. The predicted molar refractivity (Wildman–Crippen MR) is 56.5 cm³/mol. The number of rotatable bonds is 2. The third kappa shape index (κ3) is 1.96. The second kappa shape index (κ2) is 3.68. The number of aromatic nitrogens is 3. The zero-order chi connectivity index (χ0) is 10.8. The first-order valence-electron chi connectivity index (χ1n) is 4.66. The molecule has 0 atom stereocenters. The fourth-order valence-corrected chi connectivity index (χ4v) is 1.34. The summed E-state index contributed by atoms with van der Waals surface area (Å²) in [6.07, 6.45) is 0. The van der Waals surface area contributed by atoms with Crippen molar-refractivity contribution in [3.05, 3.63) is 23.7 Å². The van der Waals surface area contributed by atoms with Crippen molar-refractivity contribution in [3.63, 3.8) is 0 Å². The van der Waals surface area contributed by atoms with Gasteiger partial charge in [0.2, 0.25) is 11.7 Å². The number of anilines is 1. The lowest BCUT2D eigenvalue weighted by Crippen LogP contribution is -1.95. The molecule has 0 fully saturated rings. The molecular formula is C10H12N4O. The molecule has 0 amide bonds. The summed E-state index contributed by atoms with van der Waals surface area (Å²) in [5.74, 6) is 1.95. The fourth-order valence-electron chi connectivity index (χ4n) is 1.34. The number of nitrogens with zero attached hydrogens (tertiary/aromatic N) is 3. The lowest BCUT2D eigenvalue weighted by Gasteiger charge is -2.02. The summed E-state index contributed by atoms with van der Waals surface area (Å²) in [5.41, 5.74) is 1.82. The van der Waals surface area contributed by atoms with Gasteiger partial charge in [-0.3, -0.25) is 0 Å². The quantitative estimate of drug-likeness (QED) is 0.807. The van der Waals surface area contributed by atoms with E-state index in [9.17, 15) is 0 Å². The van der Waals surface area contributed by atoms with Gasteiger partial charge in [-0.05, 0) is 19.1 Å². The number of nitrogens with one attached hydrogen (secondary N) is 1. The molecule has 0 saturated heterocycles. The van der Waals surface area contributed by atoms with Crippen LogP contribution in [0.2, 0.25) is 0 Å². The zero-order valence-electron chi connectivity index (χ0n) is 8.90. The van der Waals surface area contributed by atoms with E-state index in [2.05, 4.69) is 20.4 Å². The van der Waals surface area contributed by atoms with Gasteiger partial charge >= 0.3 is 0 Å². The van der Waals surface area contributed by atoms with Gasteiger partial charge in [-0.2, -0.15) is 4.98 Å². The van der Waals surface area contributed by atoms with Gasteiger partial charge in [-0.1, -0.05) is 5.16 Å². The van der Waals surface area contributed by atoms with Gasteiger partial charge in [-0.15, -0.1) is 0 Å². The third-order valence-corrected chi connectivity index (χ3v) is 2.00. The summed E-state index contributed by atoms with van der Waals surface area (Å²) in [5, 5.41) is 6.85. The Labute approximate surface area is 87.5 Å². The average Bonchev–Trinajstić information content (AvgIpc) is 2.64. The smallest absolute Gasteiger partial charge is 0.223 e. The summed E-state index contributed by atoms with van der Waals surface area (Å²) in [6.45, 7) is 3.70. The van der Waals surface area contributed by atoms with E-state index in [-0.39, 0.29) is 0 Å². The van der Waals surface area contributed by atoms with Crippen LogP contribution in [-0.2, 0) is 0 Å². The molecule has 5 nitrogen and oxygen atoms in total. The molecule has 2 heterocycles. The molecule has 0 radical (unpaired) electrons. The molecule has 1 N–H and O–H groups in total. The maximum atomic E-state index is 4.93. The highest BCUT2D eigenvalue weighted by Gasteiger charge is 2.07. The van der Waals surface area contributed by atoms with Crippen molar-refractivity contribution in [2.75, 3.05) is 12.4 Å². The molecule has 0 aromatic carbocycles. The summed E-state index contributed by atoms with van der Waals surface area (Å²) in [4.78, 5) is 8.45. The van der Waals surface area contributed by atoms with Gasteiger partial charge in [0, 0.05) is 25.2 Å². The first-order chi connectivity index (χ1) is 7.19. The van der Waals surface area contributed by atoms with Crippen LogP contribution in [0, 0.1) is 13.8 Å². The van der Waals surface area contributed by atoms with E-state index in [4.69, 9.17) is 4.52 Å². The van der Waals surface area contributed by atoms with Crippen LogP contribution in [0.1, 0.15) is 11.6 Å². The Morgan fingerprint density at radius 3 is 2.60 bits per heavy atom. The molecule has 0 saturated carbocycles. The standard InChI is InChI=1S/C10H12N4O/c1-6-4-8(5-9(11-3)12-6)10-13-7(2)15-14-10/h4-5H,1-3H3,(H,11,12). The monoisotopic (exact) mass is 204 g/mol. The van der Waals surface area contributed by atoms with Crippen molar-refractivity contribution in [1.29, 1.82) is 0 Å². The summed E-state index contributed by atoms with van der Waals surface area (Å²) in [7, 11) is 1.83. The van der Waals surface area contributed by atoms with Gasteiger partial charge in [0.05, 0.1) is 0 Å². The summed E-state index contributed by atoms with van der Waals surface area (Å²) >= 11 is 0. The van der Waals surface area contributed by atoms with Crippen LogP contribution >= 0.6 is 0 Å². The maximum Gasteiger partial charge on any atom is 0.223 e. The van der Waals surface area contributed by atoms with Crippen LogP contribution in [0.15, 0.2) is 16.7 Å². The first kappa shape index (κ1) is 9.64. The maximum absolute atomic E-state index is 4.93. The highest BCUT2D eigenvalue weighted by Crippen LogP contribution is 2.19. The minimum Gasteiger partial charge on any atom is -0.373 e. The molecule has 0 aliphatic rings. The van der Waals surface area contributed by atoms with Gasteiger partial charge < -0.3 is 9.84 Å². The van der Waals surface area contributed by atoms with E-state index >= 15 is 0 Å². The molecule has 0 spiro atoms. The molecule has 2 aromatic heterocycles. The average molecular weight is 204 g/mol. The van der Waals surface area contributed by atoms with Crippen LogP contribution in [0.5, 0.6) is 0 Å². The molecule has 0 unspecified atom stereocenters. The Morgan fingerprint density at radius 1 is 1.20 bits per heavy atom. The summed E-state index contributed by atoms with van der Waals surface area (Å²) < 4.78 is 4.93. The van der Waals surface area contributed by atoms with Crippen molar-refractivity contribution in [1.82, 2.24) is 15.1 Å². The van der Waals surface area contributed by atoms with Gasteiger partial charge in [0.1, 0.15) is 5.82 Å². The van der Waals surface area contributed by atoms with E-state index in [1.807, 2.05) is 26.1 Å². The topological polar surface area (TPSA) is 63.8 Å². The second-order valence-corrected chi connectivity index (χ2v) is 3.27. The van der Waals surface area contributed by atoms with Crippen LogP contribution in [-0.4, -0.2) is 22.2 Å². The van der Waals surface area contributed by atoms with Crippen molar-refractivity contribution in [2.45, 2.75) is 13.8 Å². The SMILES string of the molecule is CNc1cc(-c2noc(C)n2)cc(C)n1. The highest BCUT2D eigenvalue weighted by atomic mass is 16.5. The fraction of sp³-hybridized carbons (Fsp3) is 0.300. The van der Waals surface area contributed by atoms with E-state index in [1.54, 1.807) is 6.92 Å². The first-order valence-corrected chi connectivity index (χ1v) is 4.66. The van der Waals surface area contributed by atoms with Gasteiger partial charge in [0.25, 0.3) is 0 Å². The van der Waals surface area contributed by atoms with E-state index in [1.165, 1.54) is 0 Å². The van der Waals surface area contributed by atoms with E-state index in [0.29, 0.717) is 11.7 Å². The Balaban J connectivity index is 2.48. The number of aryl methyl sites for hydroxylation is 2. The van der Waals surface area contributed by atoms with Crippen molar-refractivity contribution in [3.8, 4) is 11.4 Å². The molecular weight excluding hydrogens is 192 g/mol. The van der Waals surface area contributed by atoms with Crippen LogP contribution < -0.4 is 5.32 Å². The molecule has 2 aromatic rings. The largest absolute Gasteiger partial charge is 0.373 e. The summed E-state index contributed by atoms with van der Waals surface area (Å²) in [6, 6.07) is 3.81. The second-order valence-electron chi connectivity index (χ2n) is 3.27. The molecule has 15 heavy (non-hydrogen) atoms. The van der Waals surface area contributed by atoms with Crippen LogP contribution in [0.4, 0.5) is 5.82 Å². The van der Waals surface area contributed by atoms with Crippen LogP contribution in [0.25, 0.3) is 11.4 Å². The highest BCUT2D eigenvalue weighted by molar-refractivity contribution is 5.60. The minimum atomic E-state index is 0.561. The molecule has 5 heteroatoms.